The van der Waals surface area contributed by atoms with Crippen molar-refractivity contribution in [3.8, 4) is 0 Å². The molecule has 24 heavy (non-hydrogen) atoms. The van der Waals surface area contributed by atoms with E-state index in [1.165, 1.54) is 30.3 Å². The predicted octanol–water partition coefficient (Wildman–Crippen LogP) is 1.86. The van der Waals surface area contributed by atoms with Gasteiger partial charge >= 0.3 is 5.97 Å². The fourth-order valence-electron chi connectivity index (χ4n) is 3.09. The number of carboxylic acid groups (broad SMARTS) is 1. The lowest BCUT2D eigenvalue weighted by Gasteiger charge is -2.07. The Bertz CT molecular complexity index is 910. The van der Waals surface area contributed by atoms with Gasteiger partial charge in [-0.1, -0.05) is 29.8 Å². The molecule has 1 aliphatic rings. The topological polar surface area (TPSA) is 97.5 Å². The number of sulfone groups is 1. The van der Waals surface area contributed by atoms with Gasteiger partial charge in [0, 0.05) is 5.92 Å². The molecule has 0 aromatic heterocycles. The maximum atomic E-state index is 13.5. The number of carbonyl (C=O) groups is 1. The van der Waals surface area contributed by atoms with E-state index in [-0.39, 0.29) is 10.5 Å². The number of aliphatic carboxylic acids is 1. The van der Waals surface area contributed by atoms with E-state index < -0.39 is 38.3 Å². The third-order valence-corrected chi connectivity index (χ3v) is 6.70. The monoisotopic (exact) mass is 349 g/mol. The summed E-state index contributed by atoms with van der Waals surface area (Å²) in [5, 5.41) is 8.11. The number of hydrogen-bond donors (Lipinski definition) is 2. The second-order valence-electron chi connectivity index (χ2n) is 6.05. The van der Waals surface area contributed by atoms with E-state index in [2.05, 4.69) is 0 Å². The van der Waals surface area contributed by atoms with Crippen molar-refractivity contribution in [3.05, 3.63) is 65.5 Å². The first kappa shape index (κ1) is 16.6. The third kappa shape index (κ3) is 2.40. The molecule has 0 saturated heterocycles. The van der Waals surface area contributed by atoms with Crippen molar-refractivity contribution in [2.45, 2.75) is 28.5 Å². The zero-order chi connectivity index (χ0) is 17.7. The molecule has 1 aliphatic carbocycles. The summed E-state index contributed by atoms with van der Waals surface area (Å²) in [6.07, 6.45) is 0. The molecule has 0 amide bonds. The summed E-state index contributed by atoms with van der Waals surface area (Å²) < 4.78 is 39.2. The van der Waals surface area contributed by atoms with Crippen LogP contribution >= 0.6 is 0 Å². The molecule has 2 aromatic rings. The standard InChI is InChI=1S/C17H16FNO4S/c1-10-5-7-13(8-6-10)24(22,23)15-14(17(15,19)16(20)21)11-3-2-4-12(18)9-11/h2-9,14-15H,19H2,1H3,(H,20,21)/t14-,15+,17-/m0/s1. The zero-order valence-electron chi connectivity index (χ0n) is 12.8. The van der Waals surface area contributed by atoms with E-state index in [0.717, 1.165) is 11.6 Å². The molecule has 126 valence electrons. The summed E-state index contributed by atoms with van der Waals surface area (Å²) in [5.41, 5.74) is 5.08. The van der Waals surface area contributed by atoms with Gasteiger partial charge in [-0.3, -0.25) is 4.79 Å². The Balaban J connectivity index is 2.08. The predicted molar refractivity (Wildman–Crippen MR) is 85.8 cm³/mol. The minimum Gasteiger partial charge on any atom is -0.480 e. The summed E-state index contributed by atoms with van der Waals surface area (Å²) >= 11 is 0. The molecule has 7 heteroatoms. The Kier molecular flexibility index (Phi) is 3.73. The van der Waals surface area contributed by atoms with Crippen molar-refractivity contribution in [2.75, 3.05) is 0 Å². The lowest BCUT2D eigenvalue weighted by atomic mass is 10.1. The average Bonchev–Trinajstić information content (AvgIpc) is 3.17. The maximum absolute atomic E-state index is 13.5. The van der Waals surface area contributed by atoms with Crippen molar-refractivity contribution in [2.24, 2.45) is 5.73 Å². The SMILES string of the molecule is Cc1ccc(S(=O)(=O)[C@@H]2[C@H](c3cccc(F)c3)[C@@]2(N)C(=O)O)cc1. The fourth-order valence-corrected chi connectivity index (χ4v) is 5.32. The molecule has 0 heterocycles. The van der Waals surface area contributed by atoms with Crippen LogP contribution in [0.25, 0.3) is 0 Å². The van der Waals surface area contributed by atoms with E-state index in [1.807, 2.05) is 6.92 Å². The van der Waals surface area contributed by atoms with Gasteiger partial charge in [-0.15, -0.1) is 0 Å². The quantitative estimate of drug-likeness (QED) is 0.878. The van der Waals surface area contributed by atoms with E-state index in [4.69, 9.17) is 5.73 Å². The van der Waals surface area contributed by atoms with Crippen LogP contribution in [-0.2, 0) is 14.6 Å². The highest BCUT2D eigenvalue weighted by atomic mass is 32.2. The van der Waals surface area contributed by atoms with Crippen LogP contribution in [0.2, 0.25) is 0 Å². The molecule has 0 aliphatic heterocycles. The molecule has 1 saturated carbocycles. The Morgan fingerprint density at radius 3 is 2.38 bits per heavy atom. The molecule has 3 rings (SSSR count). The highest BCUT2D eigenvalue weighted by Crippen LogP contribution is 2.55. The number of nitrogens with two attached hydrogens (primary N) is 1. The lowest BCUT2D eigenvalue weighted by Crippen LogP contribution is -2.39. The van der Waals surface area contributed by atoms with Crippen molar-refractivity contribution >= 4 is 15.8 Å². The molecule has 0 spiro atoms. The van der Waals surface area contributed by atoms with Gasteiger partial charge in [0.1, 0.15) is 16.6 Å². The lowest BCUT2D eigenvalue weighted by molar-refractivity contribution is -0.139. The summed E-state index contributed by atoms with van der Waals surface area (Å²) in [7, 11) is -3.97. The largest absolute Gasteiger partial charge is 0.480 e. The number of carboxylic acids is 1. The number of rotatable bonds is 4. The van der Waals surface area contributed by atoms with E-state index in [0.29, 0.717) is 0 Å². The van der Waals surface area contributed by atoms with Gasteiger partial charge in [-0.2, -0.15) is 0 Å². The Morgan fingerprint density at radius 1 is 1.21 bits per heavy atom. The summed E-state index contributed by atoms with van der Waals surface area (Å²) in [5.74, 6) is -2.99. The van der Waals surface area contributed by atoms with Crippen LogP contribution < -0.4 is 5.73 Å². The Hall–Kier alpha value is -2.25. The second kappa shape index (κ2) is 5.39. The summed E-state index contributed by atoms with van der Waals surface area (Å²) in [4.78, 5) is 11.6. The number of hydrogen-bond acceptors (Lipinski definition) is 4. The number of aryl methyl sites for hydroxylation is 1. The number of benzene rings is 2. The van der Waals surface area contributed by atoms with Crippen LogP contribution in [0, 0.1) is 12.7 Å². The molecule has 0 radical (unpaired) electrons. The van der Waals surface area contributed by atoms with Crippen molar-refractivity contribution in [1.82, 2.24) is 0 Å². The molecule has 0 unspecified atom stereocenters. The minimum atomic E-state index is -3.97. The molecule has 3 atom stereocenters. The van der Waals surface area contributed by atoms with Crippen LogP contribution in [-0.4, -0.2) is 30.3 Å². The fraction of sp³-hybridized carbons (Fsp3) is 0.235. The van der Waals surface area contributed by atoms with Crippen LogP contribution in [0.5, 0.6) is 0 Å². The number of halogens is 1. The van der Waals surface area contributed by atoms with Gasteiger partial charge in [-0.05, 0) is 36.8 Å². The molecule has 0 bridgehead atoms. The molecular weight excluding hydrogens is 333 g/mol. The third-order valence-electron chi connectivity index (χ3n) is 4.44. The van der Waals surface area contributed by atoms with Crippen molar-refractivity contribution in [3.63, 3.8) is 0 Å². The second-order valence-corrected chi connectivity index (χ2v) is 8.12. The average molecular weight is 349 g/mol. The highest BCUT2D eigenvalue weighted by Gasteiger charge is 2.74. The summed E-state index contributed by atoms with van der Waals surface area (Å²) in [6, 6.07) is 11.3. The van der Waals surface area contributed by atoms with Gasteiger partial charge in [0.2, 0.25) is 0 Å². The highest BCUT2D eigenvalue weighted by molar-refractivity contribution is 7.92. The van der Waals surface area contributed by atoms with Gasteiger partial charge in [-0.25, -0.2) is 12.8 Å². The molecular formula is C17H16FNO4S. The van der Waals surface area contributed by atoms with Gasteiger partial charge < -0.3 is 10.8 Å². The zero-order valence-corrected chi connectivity index (χ0v) is 13.6. The molecule has 5 nitrogen and oxygen atoms in total. The summed E-state index contributed by atoms with van der Waals surface area (Å²) in [6.45, 7) is 1.81. The van der Waals surface area contributed by atoms with Gasteiger partial charge in [0.05, 0.1) is 4.90 Å². The molecule has 1 fully saturated rings. The normalized spacial score (nSPS) is 26.1. The molecule has 2 aromatic carbocycles. The van der Waals surface area contributed by atoms with Gasteiger partial charge in [0.15, 0.2) is 9.84 Å². The Labute approximate surface area is 138 Å². The van der Waals surface area contributed by atoms with Crippen LogP contribution in [0.1, 0.15) is 17.0 Å². The van der Waals surface area contributed by atoms with Crippen molar-refractivity contribution < 1.29 is 22.7 Å². The first-order chi connectivity index (χ1) is 11.2. The Morgan fingerprint density at radius 2 is 1.83 bits per heavy atom. The minimum absolute atomic E-state index is 0.00748. The maximum Gasteiger partial charge on any atom is 0.325 e. The van der Waals surface area contributed by atoms with E-state index in [9.17, 15) is 22.7 Å². The van der Waals surface area contributed by atoms with E-state index >= 15 is 0 Å². The van der Waals surface area contributed by atoms with Crippen molar-refractivity contribution in [1.29, 1.82) is 0 Å². The van der Waals surface area contributed by atoms with Crippen LogP contribution in [0.4, 0.5) is 4.39 Å². The van der Waals surface area contributed by atoms with Crippen LogP contribution in [0.3, 0.4) is 0 Å². The van der Waals surface area contributed by atoms with Crippen LogP contribution in [0.15, 0.2) is 53.4 Å². The smallest absolute Gasteiger partial charge is 0.325 e. The first-order valence-corrected chi connectivity index (χ1v) is 8.82. The molecule has 3 N–H and O–H groups in total. The first-order valence-electron chi connectivity index (χ1n) is 7.27. The van der Waals surface area contributed by atoms with Gasteiger partial charge in [0.25, 0.3) is 0 Å². The van der Waals surface area contributed by atoms with E-state index in [1.54, 1.807) is 12.1 Å².